The lowest BCUT2D eigenvalue weighted by atomic mass is 10.2. The number of carboxylic acid groups (broad SMARTS) is 1. The predicted octanol–water partition coefficient (Wildman–Crippen LogP) is 2.11. The van der Waals surface area contributed by atoms with Gasteiger partial charge in [-0.05, 0) is 18.4 Å². The van der Waals surface area contributed by atoms with E-state index in [1.54, 1.807) is 17.2 Å². The first-order valence-electron chi connectivity index (χ1n) is 7.23. The summed E-state index contributed by atoms with van der Waals surface area (Å²) in [5.41, 5.74) is 1.05. The van der Waals surface area contributed by atoms with E-state index in [4.69, 9.17) is 4.74 Å². The van der Waals surface area contributed by atoms with Crippen LogP contribution in [-0.4, -0.2) is 33.6 Å². The van der Waals surface area contributed by atoms with Crippen molar-refractivity contribution in [3.8, 4) is 5.88 Å². The molecule has 1 aliphatic heterocycles. The van der Waals surface area contributed by atoms with E-state index in [1.165, 1.54) is 0 Å². The minimum atomic E-state index is -0.836. The molecule has 2 aromatic rings. The van der Waals surface area contributed by atoms with Gasteiger partial charge in [-0.3, -0.25) is 0 Å². The second-order valence-electron chi connectivity index (χ2n) is 5.16. The molecule has 0 unspecified atom stereocenters. The maximum Gasteiger partial charge on any atom is 0.326 e. The molecule has 0 aliphatic carbocycles. The summed E-state index contributed by atoms with van der Waals surface area (Å²) in [4.78, 5) is 21.5. The Bertz CT molecular complexity index is 648. The highest BCUT2D eigenvalue weighted by Gasteiger charge is 2.32. The van der Waals surface area contributed by atoms with Crippen molar-refractivity contribution in [2.45, 2.75) is 25.5 Å². The van der Waals surface area contributed by atoms with Crippen LogP contribution in [-0.2, 0) is 11.4 Å². The zero-order valence-corrected chi connectivity index (χ0v) is 12.1. The first kappa shape index (κ1) is 14.3. The number of rotatable bonds is 5. The van der Waals surface area contributed by atoms with Gasteiger partial charge in [0.25, 0.3) is 0 Å². The Morgan fingerprint density at radius 2 is 2.14 bits per heavy atom. The number of carboxylic acids is 1. The second-order valence-corrected chi connectivity index (χ2v) is 5.16. The highest BCUT2D eigenvalue weighted by molar-refractivity contribution is 5.78. The molecule has 1 aromatic carbocycles. The Balaban J connectivity index is 1.71. The lowest BCUT2D eigenvalue weighted by molar-refractivity contribution is -0.138. The molecular weight excluding hydrogens is 282 g/mol. The minimum absolute atomic E-state index is 0.412. The van der Waals surface area contributed by atoms with E-state index in [2.05, 4.69) is 9.97 Å². The molecule has 0 spiro atoms. The zero-order valence-electron chi connectivity index (χ0n) is 12.1. The largest absolute Gasteiger partial charge is 0.480 e. The van der Waals surface area contributed by atoms with Crippen molar-refractivity contribution in [3.63, 3.8) is 0 Å². The van der Waals surface area contributed by atoms with Crippen molar-refractivity contribution >= 4 is 11.9 Å². The van der Waals surface area contributed by atoms with Gasteiger partial charge in [0.2, 0.25) is 11.8 Å². The van der Waals surface area contributed by atoms with Gasteiger partial charge in [-0.15, -0.1) is 0 Å². The van der Waals surface area contributed by atoms with Crippen molar-refractivity contribution in [1.82, 2.24) is 9.97 Å². The third-order valence-electron chi connectivity index (χ3n) is 3.64. The molecule has 1 aliphatic rings. The molecule has 1 fully saturated rings. The summed E-state index contributed by atoms with van der Waals surface area (Å²) in [6.07, 6.45) is 3.04. The van der Waals surface area contributed by atoms with Gasteiger partial charge < -0.3 is 14.7 Å². The van der Waals surface area contributed by atoms with Gasteiger partial charge in [0.1, 0.15) is 12.6 Å². The van der Waals surface area contributed by atoms with Gasteiger partial charge >= 0.3 is 5.97 Å². The summed E-state index contributed by atoms with van der Waals surface area (Å²) in [6.45, 7) is 1.07. The molecular formula is C16H17N3O3. The van der Waals surface area contributed by atoms with Crippen molar-refractivity contribution in [3.05, 3.63) is 48.2 Å². The van der Waals surface area contributed by atoms with Crippen molar-refractivity contribution in [2.24, 2.45) is 0 Å². The van der Waals surface area contributed by atoms with E-state index < -0.39 is 12.0 Å². The fourth-order valence-corrected chi connectivity index (χ4v) is 2.55. The average Bonchev–Trinajstić information content (AvgIpc) is 3.04. The van der Waals surface area contributed by atoms with Crippen molar-refractivity contribution in [1.29, 1.82) is 0 Å². The number of benzene rings is 1. The maximum absolute atomic E-state index is 11.3. The molecule has 3 rings (SSSR count). The molecule has 0 amide bonds. The maximum atomic E-state index is 11.3. The highest BCUT2D eigenvalue weighted by Crippen LogP contribution is 2.23. The van der Waals surface area contributed by atoms with Gasteiger partial charge in [0, 0.05) is 18.8 Å². The Morgan fingerprint density at radius 1 is 1.32 bits per heavy atom. The Morgan fingerprint density at radius 3 is 2.91 bits per heavy atom. The number of nitrogens with zero attached hydrogens (tertiary/aromatic N) is 3. The van der Waals surface area contributed by atoms with Gasteiger partial charge in [-0.1, -0.05) is 30.3 Å². The van der Waals surface area contributed by atoms with Crippen LogP contribution in [0.15, 0.2) is 42.6 Å². The van der Waals surface area contributed by atoms with E-state index in [-0.39, 0.29) is 0 Å². The standard InChI is InChI=1S/C16H17N3O3/c20-15(21)13-7-4-10-19(13)16-17-9-8-14(18-16)22-11-12-5-2-1-3-6-12/h1-3,5-6,8-9,13H,4,7,10-11H2,(H,20,21)/t13-/m1/s1. The quantitative estimate of drug-likeness (QED) is 0.911. The first-order valence-corrected chi connectivity index (χ1v) is 7.23. The Kier molecular flexibility index (Phi) is 4.18. The lowest BCUT2D eigenvalue weighted by Gasteiger charge is -2.21. The van der Waals surface area contributed by atoms with Gasteiger partial charge in [0.05, 0.1) is 0 Å². The Labute approximate surface area is 128 Å². The van der Waals surface area contributed by atoms with Gasteiger partial charge in [0.15, 0.2) is 0 Å². The average molecular weight is 299 g/mol. The third kappa shape index (κ3) is 3.16. The minimum Gasteiger partial charge on any atom is -0.480 e. The molecule has 114 valence electrons. The fourth-order valence-electron chi connectivity index (χ4n) is 2.55. The fraction of sp³-hybridized carbons (Fsp3) is 0.312. The van der Waals surface area contributed by atoms with Crippen LogP contribution in [0, 0.1) is 0 Å². The smallest absolute Gasteiger partial charge is 0.326 e. The number of anilines is 1. The number of hydrogen-bond donors (Lipinski definition) is 1. The van der Waals surface area contributed by atoms with Gasteiger partial charge in [-0.2, -0.15) is 4.98 Å². The molecule has 0 radical (unpaired) electrons. The molecule has 1 aromatic heterocycles. The topological polar surface area (TPSA) is 75.5 Å². The SMILES string of the molecule is O=C(O)[C@H]1CCCN1c1nccc(OCc2ccccc2)n1. The van der Waals surface area contributed by atoms with Crippen molar-refractivity contribution in [2.75, 3.05) is 11.4 Å². The summed E-state index contributed by atoms with van der Waals surface area (Å²) >= 11 is 0. The van der Waals surface area contributed by atoms with Crippen molar-refractivity contribution < 1.29 is 14.6 Å². The van der Waals surface area contributed by atoms with Gasteiger partial charge in [-0.25, -0.2) is 9.78 Å². The molecule has 0 bridgehead atoms. The normalized spacial score (nSPS) is 17.5. The van der Waals surface area contributed by atoms with Crippen LogP contribution >= 0.6 is 0 Å². The lowest BCUT2D eigenvalue weighted by Crippen LogP contribution is -2.37. The summed E-state index contributed by atoms with van der Waals surface area (Å²) in [5, 5.41) is 9.24. The van der Waals surface area contributed by atoms with Crippen LogP contribution < -0.4 is 9.64 Å². The predicted molar refractivity (Wildman–Crippen MR) is 80.8 cm³/mol. The van der Waals surface area contributed by atoms with Crippen LogP contribution in [0.25, 0.3) is 0 Å². The summed E-state index contributed by atoms with van der Waals surface area (Å²) in [7, 11) is 0. The molecule has 0 saturated carbocycles. The van der Waals surface area contributed by atoms with E-state index in [9.17, 15) is 9.90 Å². The number of carbonyl (C=O) groups is 1. The van der Waals surface area contributed by atoms with E-state index in [0.717, 1.165) is 12.0 Å². The summed E-state index contributed by atoms with van der Waals surface area (Å²) < 4.78 is 5.66. The molecule has 6 nitrogen and oxygen atoms in total. The monoisotopic (exact) mass is 299 g/mol. The highest BCUT2D eigenvalue weighted by atomic mass is 16.5. The molecule has 1 saturated heterocycles. The molecule has 22 heavy (non-hydrogen) atoms. The van der Waals surface area contributed by atoms with Crippen LogP contribution in [0.4, 0.5) is 5.95 Å². The zero-order chi connectivity index (χ0) is 15.4. The second kappa shape index (κ2) is 6.43. The molecule has 2 heterocycles. The summed E-state index contributed by atoms with van der Waals surface area (Å²) in [5.74, 6) is 0.0251. The molecule has 1 atom stereocenters. The number of aromatic nitrogens is 2. The van der Waals surface area contributed by atoms with Crippen LogP contribution in [0.5, 0.6) is 5.88 Å². The molecule has 6 heteroatoms. The van der Waals surface area contributed by atoms with Crippen LogP contribution in [0.3, 0.4) is 0 Å². The first-order chi connectivity index (χ1) is 10.7. The number of aliphatic carboxylic acids is 1. The van der Waals surface area contributed by atoms with Crippen LogP contribution in [0.1, 0.15) is 18.4 Å². The number of hydrogen-bond acceptors (Lipinski definition) is 5. The Hall–Kier alpha value is -2.63. The van der Waals surface area contributed by atoms with Crippen LogP contribution in [0.2, 0.25) is 0 Å². The number of ether oxygens (including phenoxy) is 1. The van der Waals surface area contributed by atoms with E-state index >= 15 is 0 Å². The summed E-state index contributed by atoms with van der Waals surface area (Å²) in [6, 6.07) is 10.9. The van der Waals surface area contributed by atoms with E-state index in [1.807, 2.05) is 30.3 Å². The molecule has 1 N–H and O–H groups in total. The third-order valence-corrected chi connectivity index (χ3v) is 3.64. The van der Waals surface area contributed by atoms with E-state index in [0.29, 0.717) is 31.4 Å².